The molecular weight excluding hydrogens is 384 g/mol. The molecule has 0 spiro atoms. The van der Waals surface area contributed by atoms with Gasteiger partial charge in [0, 0.05) is 23.0 Å². The molecule has 3 aromatic rings. The number of hydrogen-bond acceptors (Lipinski definition) is 4. The quantitative estimate of drug-likeness (QED) is 0.622. The molecular formula is C26H20N4O. The van der Waals surface area contributed by atoms with Crippen molar-refractivity contribution in [1.29, 1.82) is 10.5 Å². The summed E-state index contributed by atoms with van der Waals surface area (Å²) < 4.78 is 1.95. The van der Waals surface area contributed by atoms with Crippen LogP contribution in [0.2, 0.25) is 0 Å². The molecule has 150 valence electrons. The first kappa shape index (κ1) is 19.0. The number of rotatable bonds is 2. The predicted octanol–water partition coefficient (Wildman–Crippen LogP) is 4.65. The summed E-state index contributed by atoms with van der Waals surface area (Å²) >= 11 is 0. The molecule has 5 heteroatoms. The van der Waals surface area contributed by atoms with Crippen LogP contribution in [0, 0.1) is 28.6 Å². The van der Waals surface area contributed by atoms with E-state index in [1.165, 1.54) is 0 Å². The van der Waals surface area contributed by atoms with Crippen molar-refractivity contribution >= 4 is 5.78 Å². The highest BCUT2D eigenvalue weighted by Crippen LogP contribution is 2.50. The number of nitrogens with zero attached hydrogens (tertiary/aromatic N) is 4. The van der Waals surface area contributed by atoms with Crippen LogP contribution in [0.1, 0.15) is 36.6 Å². The van der Waals surface area contributed by atoms with Crippen molar-refractivity contribution in [1.82, 2.24) is 9.78 Å². The maximum Gasteiger partial charge on any atom is 0.173 e. The lowest BCUT2D eigenvalue weighted by atomic mass is 9.61. The first-order valence-electron chi connectivity index (χ1n) is 10.4. The monoisotopic (exact) mass is 404 g/mol. The van der Waals surface area contributed by atoms with Crippen molar-refractivity contribution in [3.8, 4) is 29.1 Å². The molecule has 2 atom stereocenters. The third-order valence-corrected chi connectivity index (χ3v) is 6.67. The zero-order chi connectivity index (χ0) is 21.6. The molecule has 0 unspecified atom stereocenters. The van der Waals surface area contributed by atoms with Crippen LogP contribution in [0.3, 0.4) is 0 Å². The highest BCUT2D eigenvalue weighted by molar-refractivity contribution is 6.00. The second-order valence-corrected chi connectivity index (χ2v) is 8.43. The molecule has 0 saturated carbocycles. The molecule has 0 amide bonds. The summed E-state index contributed by atoms with van der Waals surface area (Å²) in [7, 11) is 0. The van der Waals surface area contributed by atoms with Crippen LogP contribution in [-0.2, 0) is 16.6 Å². The van der Waals surface area contributed by atoms with Gasteiger partial charge in [-0.05, 0) is 43.0 Å². The predicted molar refractivity (Wildman–Crippen MR) is 116 cm³/mol. The van der Waals surface area contributed by atoms with Crippen molar-refractivity contribution in [2.75, 3.05) is 0 Å². The number of carbonyl (C=O) groups excluding carboxylic acids is 1. The number of hydrogen-bond donors (Lipinski definition) is 0. The maximum absolute atomic E-state index is 12.4. The summed E-state index contributed by atoms with van der Waals surface area (Å²) in [5, 5.41) is 23.8. The molecule has 31 heavy (non-hydrogen) atoms. The van der Waals surface area contributed by atoms with Gasteiger partial charge in [-0.15, -0.1) is 0 Å². The van der Waals surface area contributed by atoms with Crippen LogP contribution in [-0.4, -0.2) is 15.6 Å². The van der Waals surface area contributed by atoms with Crippen molar-refractivity contribution in [2.24, 2.45) is 5.92 Å². The van der Waals surface area contributed by atoms with Gasteiger partial charge in [0.2, 0.25) is 0 Å². The van der Waals surface area contributed by atoms with Gasteiger partial charge in [-0.25, -0.2) is 4.68 Å². The van der Waals surface area contributed by atoms with Crippen LogP contribution >= 0.6 is 0 Å². The fourth-order valence-corrected chi connectivity index (χ4v) is 5.05. The molecule has 5 rings (SSSR count). The number of carbonyl (C=O) groups is 1. The van der Waals surface area contributed by atoms with E-state index >= 15 is 0 Å². The zero-order valence-electron chi connectivity index (χ0n) is 17.2. The summed E-state index contributed by atoms with van der Waals surface area (Å²) in [4.78, 5) is 12.4. The van der Waals surface area contributed by atoms with E-state index in [-0.39, 0.29) is 17.3 Å². The summed E-state index contributed by atoms with van der Waals surface area (Å²) in [6.07, 6.45) is 3.95. The van der Waals surface area contributed by atoms with Crippen molar-refractivity contribution in [3.63, 3.8) is 0 Å². The lowest BCUT2D eigenvalue weighted by Crippen LogP contribution is -2.41. The minimum absolute atomic E-state index is 0.0684. The SMILES string of the molecule is C[C@@]12C=C(C#N)C(=O)C[C@H]1CCc1c(-c3ccccc3)nn(-c3ccc(C#N)cc3)c12. The number of Topliss-reactive ketones (excluding diaryl/α,β-unsaturated/α-hetero) is 1. The highest BCUT2D eigenvalue weighted by atomic mass is 16.1. The van der Waals surface area contributed by atoms with Gasteiger partial charge in [0.1, 0.15) is 6.07 Å². The van der Waals surface area contributed by atoms with Gasteiger partial charge in [0.25, 0.3) is 0 Å². The van der Waals surface area contributed by atoms with Crippen LogP contribution in [0.25, 0.3) is 16.9 Å². The molecule has 1 aromatic heterocycles. The Morgan fingerprint density at radius 1 is 1.06 bits per heavy atom. The van der Waals surface area contributed by atoms with Gasteiger partial charge >= 0.3 is 0 Å². The third kappa shape index (κ3) is 2.90. The fourth-order valence-electron chi connectivity index (χ4n) is 5.05. The van der Waals surface area contributed by atoms with E-state index in [1.807, 2.05) is 41.1 Å². The minimum Gasteiger partial charge on any atom is -0.293 e. The Labute approximate surface area is 180 Å². The van der Waals surface area contributed by atoms with E-state index in [1.54, 1.807) is 12.1 Å². The lowest BCUT2D eigenvalue weighted by molar-refractivity contribution is -0.117. The van der Waals surface area contributed by atoms with Gasteiger partial charge in [0.05, 0.1) is 34.3 Å². The van der Waals surface area contributed by atoms with Crippen LogP contribution in [0.4, 0.5) is 0 Å². The molecule has 0 aliphatic heterocycles. The molecule has 0 N–H and O–H groups in total. The summed E-state index contributed by atoms with van der Waals surface area (Å²) in [5.41, 5.74) is 5.40. The summed E-state index contributed by atoms with van der Waals surface area (Å²) in [5.74, 6) is 0.0585. The topological polar surface area (TPSA) is 82.5 Å². The van der Waals surface area contributed by atoms with Crippen LogP contribution in [0.15, 0.2) is 66.2 Å². The molecule has 5 nitrogen and oxygen atoms in total. The number of nitriles is 2. The number of benzene rings is 2. The largest absolute Gasteiger partial charge is 0.293 e. The Hall–Kier alpha value is -3.96. The van der Waals surface area contributed by atoms with Gasteiger partial charge < -0.3 is 0 Å². The van der Waals surface area contributed by atoms with E-state index in [0.717, 1.165) is 41.0 Å². The van der Waals surface area contributed by atoms with E-state index in [9.17, 15) is 15.3 Å². The van der Waals surface area contributed by atoms with E-state index in [0.29, 0.717) is 12.0 Å². The average molecular weight is 404 g/mol. The smallest absolute Gasteiger partial charge is 0.173 e. The summed E-state index contributed by atoms with van der Waals surface area (Å²) in [6, 6.07) is 21.7. The molecule has 2 aromatic carbocycles. The number of ketones is 1. The fraction of sp³-hybridized carbons (Fsp3) is 0.231. The lowest BCUT2D eigenvalue weighted by Gasteiger charge is -2.42. The molecule has 2 aliphatic rings. The van der Waals surface area contributed by atoms with E-state index in [2.05, 4.69) is 31.2 Å². The van der Waals surface area contributed by atoms with Crippen molar-refractivity contribution in [3.05, 3.63) is 83.1 Å². The maximum atomic E-state index is 12.4. The van der Waals surface area contributed by atoms with Gasteiger partial charge in [-0.1, -0.05) is 43.3 Å². The second kappa shape index (κ2) is 7.07. The van der Waals surface area contributed by atoms with Crippen LogP contribution in [0.5, 0.6) is 0 Å². The van der Waals surface area contributed by atoms with Crippen molar-refractivity contribution in [2.45, 2.75) is 31.6 Å². The Balaban J connectivity index is 1.80. The normalized spacial score (nSPS) is 22.0. The molecule has 2 aliphatic carbocycles. The summed E-state index contributed by atoms with van der Waals surface area (Å²) in [6.45, 7) is 2.12. The highest BCUT2D eigenvalue weighted by Gasteiger charge is 2.47. The van der Waals surface area contributed by atoms with Gasteiger partial charge in [-0.3, -0.25) is 4.79 Å². The molecule has 0 saturated heterocycles. The Morgan fingerprint density at radius 3 is 2.48 bits per heavy atom. The molecule has 0 bridgehead atoms. The first-order chi connectivity index (χ1) is 15.0. The third-order valence-electron chi connectivity index (χ3n) is 6.67. The molecule has 0 fully saturated rings. The van der Waals surface area contributed by atoms with E-state index in [4.69, 9.17) is 5.10 Å². The number of aromatic nitrogens is 2. The molecule has 0 radical (unpaired) electrons. The number of fused-ring (bicyclic) bond motifs is 3. The second-order valence-electron chi connectivity index (χ2n) is 8.43. The van der Waals surface area contributed by atoms with E-state index < -0.39 is 5.41 Å². The Morgan fingerprint density at radius 2 is 1.81 bits per heavy atom. The van der Waals surface area contributed by atoms with Crippen LogP contribution < -0.4 is 0 Å². The zero-order valence-corrected chi connectivity index (χ0v) is 17.2. The standard InChI is InChI=1S/C26H20N4O/c1-26-14-19(16-28)23(31)13-20(26)9-12-22-24(18-5-3-2-4-6-18)29-30(25(22)26)21-10-7-17(15-27)8-11-21/h2-8,10-11,14,20H,9,12-13H2,1H3/t20-,26-/m1/s1. The first-order valence-corrected chi connectivity index (χ1v) is 10.4. The Bertz CT molecular complexity index is 1300. The molecule has 1 heterocycles. The van der Waals surface area contributed by atoms with Gasteiger partial charge in [-0.2, -0.15) is 15.6 Å². The number of allylic oxidation sites excluding steroid dienone is 2. The average Bonchev–Trinajstić information content (AvgIpc) is 3.21. The minimum atomic E-state index is -0.472. The Kier molecular flexibility index (Phi) is 4.34. The van der Waals surface area contributed by atoms with Crippen molar-refractivity contribution < 1.29 is 4.79 Å². The van der Waals surface area contributed by atoms with Gasteiger partial charge in [0.15, 0.2) is 5.78 Å².